The summed E-state index contributed by atoms with van der Waals surface area (Å²) in [4.78, 5) is 10.1. The van der Waals surface area contributed by atoms with Crippen molar-refractivity contribution in [2.75, 3.05) is 7.05 Å². The molecule has 0 amide bonds. The van der Waals surface area contributed by atoms with Crippen LogP contribution in [0, 0.1) is 17.0 Å². The van der Waals surface area contributed by atoms with Crippen molar-refractivity contribution in [2.45, 2.75) is 18.4 Å². The van der Waals surface area contributed by atoms with Gasteiger partial charge >= 0.3 is 0 Å². The number of non-ortho nitro benzene ring substituents is 1. The van der Waals surface area contributed by atoms with Gasteiger partial charge in [-0.25, -0.2) is 8.42 Å². The van der Waals surface area contributed by atoms with Gasteiger partial charge in [0, 0.05) is 44.0 Å². The lowest BCUT2D eigenvalue weighted by Gasteiger charge is -2.17. The Morgan fingerprint density at radius 1 is 1.32 bits per heavy atom. The maximum atomic E-state index is 12.5. The first kappa shape index (κ1) is 16.1. The van der Waals surface area contributed by atoms with Crippen molar-refractivity contribution >= 4 is 15.7 Å². The first-order valence-corrected chi connectivity index (χ1v) is 7.85. The molecule has 118 valence electrons. The number of rotatable bonds is 5. The van der Waals surface area contributed by atoms with Crippen LogP contribution in [-0.4, -0.2) is 34.5 Å². The molecular weight excluding hydrogens is 308 g/mol. The van der Waals surface area contributed by atoms with Crippen LogP contribution >= 0.6 is 0 Å². The van der Waals surface area contributed by atoms with Crippen molar-refractivity contribution < 1.29 is 13.3 Å². The van der Waals surface area contributed by atoms with E-state index in [-0.39, 0.29) is 17.1 Å². The number of hydrogen-bond acceptors (Lipinski definition) is 5. The fraction of sp³-hybridized carbons (Fsp3) is 0.308. The number of hydrogen-bond donors (Lipinski definition) is 0. The lowest BCUT2D eigenvalue weighted by molar-refractivity contribution is -0.384. The van der Waals surface area contributed by atoms with Crippen molar-refractivity contribution in [3.05, 3.63) is 51.8 Å². The fourth-order valence-corrected chi connectivity index (χ4v) is 3.09. The topological polar surface area (TPSA) is 98.3 Å². The number of benzene rings is 1. The Morgan fingerprint density at radius 3 is 2.36 bits per heavy atom. The Kier molecular flexibility index (Phi) is 4.29. The molecule has 0 spiro atoms. The highest BCUT2D eigenvalue weighted by Gasteiger charge is 2.23. The zero-order valence-electron chi connectivity index (χ0n) is 12.4. The van der Waals surface area contributed by atoms with Crippen molar-refractivity contribution in [3.63, 3.8) is 0 Å². The zero-order valence-corrected chi connectivity index (χ0v) is 13.2. The molecule has 0 saturated heterocycles. The van der Waals surface area contributed by atoms with Gasteiger partial charge in [0.25, 0.3) is 5.69 Å². The SMILES string of the molecule is Cc1c(CN(C)S(=O)(=O)c2ccc([N+](=O)[O-])cc2)cnn1C. The van der Waals surface area contributed by atoms with Crippen LogP contribution in [0.4, 0.5) is 5.69 Å². The molecule has 8 nitrogen and oxygen atoms in total. The Morgan fingerprint density at radius 2 is 1.91 bits per heavy atom. The van der Waals surface area contributed by atoms with Gasteiger partial charge in [-0.15, -0.1) is 0 Å². The largest absolute Gasteiger partial charge is 0.273 e. The van der Waals surface area contributed by atoms with Gasteiger partial charge in [0.15, 0.2) is 0 Å². The van der Waals surface area contributed by atoms with E-state index in [0.29, 0.717) is 0 Å². The maximum absolute atomic E-state index is 12.5. The van der Waals surface area contributed by atoms with E-state index >= 15 is 0 Å². The van der Waals surface area contributed by atoms with Crippen LogP contribution in [0.3, 0.4) is 0 Å². The molecule has 2 aromatic rings. The Hall–Kier alpha value is -2.26. The van der Waals surface area contributed by atoms with Gasteiger partial charge in [-0.2, -0.15) is 9.40 Å². The summed E-state index contributed by atoms with van der Waals surface area (Å²) in [6.45, 7) is 2.04. The normalized spacial score (nSPS) is 11.8. The van der Waals surface area contributed by atoms with Gasteiger partial charge in [0.1, 0.15) is 0 Å². The maximum Gasteiger partial charge on any atom is 0.269 e. The average molecular weight is 324 g/mol. The van der Waals surface area contributed by atoms with Gasteiger partial charge < -0.3 is 0 Å². The van der Waals surface area contributed by atoms with Crippen molar-refractivity contribution in [3.8, 4) is 0 Å². The van der Waals surface area contributed by atoms with Gasteiger partial charge in [0.05, 0.1) is 16.0 Å². The minimum atomic E-state index is -3.71. The third kappa shape index (κ3) is 3.00. The molecule has 22 heavy (non-hydrogen) atoms. The molecule has 0 N–H and O–H groups in total. The summed E-state index contributed by atoms with van der Waals surface area (Å²) in [5.74, 6) is 0. The highest BCUT2D eigenvalue weighted by Crippen LogP contribution is 2.20. The smallest absolute Gasteiger partial charge is 0.269 e. The van der Waals surface area contributed by atoms with Crippen molar-refractivity contribution in [2.24, 2.45) is 7.05 Å². The van der Waals surface area contributed by atoms with Crippen molar-refractivity contribution in [1.29, 1.82) is 0 Å². The van der Waals surface area contributed by atoms with Gasteiger partial charge in [-0.3, -0.25) is 14.8 Å². The summed E-state index contributed by atoms with van der Waals surface area (Å²) < 4.78 is 27.8. The molecule has 2 rings (SSSR count). The molecule has 0 atom stereocenters. The van der Waals surface area contributed by atoms with Crippen LogP contribution in [0.15, 0.2) is 35.4 Å². The van der Waals surface area contributed by atoms with Crippen LogP contribution in [-0.2, 0) is 23.6 Å². The van der Waals surface area contributed by atoms with E-state index in [1.165, 1.54) is 35.6 Å². The first-order valence-electron chi connectivity index (χ1n) is 6.41. The molecule has 1 aromatic heterocycles. The van der Waals surface area contributed by atoms with Crippen LogP contribution in [0.5, 0.6) is 0 Å². The second-order valence-electron chi connectivity index (χ2n) is 4.89. The molecule has 0 aliphatic carbocycles. The second kappa shape index (κ2) is 5.85. The lowest BCUT2D eigenvalue weighted by atomic mass is 10.3. The van der Waals surface area contributed by atoms with E-state index in [1.807, 2.05) is 6.92 Å². The molecule has 0 aliphatic rings. The van der Waals surface area contributed by atoms with Gasteiger partial charge in [0.2, 0.25) is 10.0 Å². The fourth-order valence-electron chi connectivity index (χ4n) is 1.94. The highest BCUT2D eigenvalue weighted by molar-refractivity contribution is 7.89. The molecule has 0 aliphatic heterocycles. The number of nitro groups is 1. The number of nitrogens with zero attached hydrogens (tertiary/aromatic N) is 4. The molecule has 0 saturated carbocycles. The van der Waals surface area contributed by atoms with Crippen molar-refractivity contribution in [1.82, 2.24) is 14.1 Å². The lowest BCUT2D eigenvalue weighted by Crippen LogP contribution is -2.26. The standard InChI is InChI=1S/C13H16N4O4S/c1-10-11(8-14-16(10)3)9-15(2)22(20,21)13-6-4-12(5-7-13)17(18)19/h4-8H,9H2,1-3H3. The monoisotopic (exact) mass is 324 g/mol. The third-order valence-electron chi connectivity index (χ3n) is 3.49. The van der Waals surface area contributed by atoms with Crippen LogP contribution < -0.4 is 0 Å². The highest BCUT2D eigenvalue weighted by atomic mass is 32.2. The summed E-state index contributed by atoms with van der Waals surface area (Å²) in [5, 5.41) is 14.7. The number of aromatic nitrogens is 2. The molecule has 0 fully saturated rings. The predicted octanol–water partition coefficient (Wildman–Crippen LogP) is 1.46. The number of sulfonamides is 1. The van der Waals surface area contributed by atoms with Gasteiger partial charge in [-0.1, -0.05) is 0 Å². The molecule has 0 unspecified atom stereocenters. The van der Waals surface area contributed by atoms with Crippen LogP contribution in [0.2, 0.25) is 0 Å². The molecule has 1 aromatic carbocycles. The molecule has 9 heteroatoms. The summed E-state index contributed by atoms with van der Waals surface area (Å²) in [6.07, 6.45) is 1.62. The Balaban J connectivity index is 2.25. The van der Waals surface area contributed by atoms with E-state index < -0.39 is 14.9 Å². The zero-order chi connectivity index (χ0) is 16.5. The quantitative estimate of drug-likeness (QED) is 0.612. The third-order valence-corrected chi connectivity index (χ3v) is 5.30. The van der Waals surface area contributed by atoms with E-state index in [1.54, 1.807) is 17.9 Å². The minimum Gasteiger partial charge on any atom is -0.273 e. The van der Waals surface area contributed by atoms with E-state index in [2.05, 4.69) is 5.10 Å². The molecule has 1 heterocycles. The first-order chi connectivity index (χ1) is 10.2. The molecule has 0 radical (unpaired) electrons. The van der Waals surface area contributed by atoms with E-state index in [0.717, 1.165) is 11.3 Å². The van der Waals surface area contributed by atoms with E-state index in [4.69, 9.17) is 0 Å². The number of aryl methyl sites for hydroxylation is 1. The van der Waals surface area contributed by atoms with Gasteiger partial charge in [-0.05, 0) is 19.1 Å². The second-order valence-corrected chi connectivity index (χ2v) is 6.94. The summed E-state index contributed by atoms with van der Waals surface area (Å²) in [7, 11) is -0.471. The Labute approximate surface area is 128 Å². The summed E-state index contributed by atoms with van der Waals surface area (Å²) in [6, 6.07) is 4.83. The van der Waals surface area contributed by atoms with Crippen LogP contribution in [0.1, 0.15) is 11.3 Å². The molecule has 0 bridgehead atoms. The average Bonchev–Trinajstić information content (AvgIpc) is 2.79. The summed E-state index contributed by atoms with van der Waals surface area (Å²) in [5.41, 5.74) is 1.53. The van der Waals surface area contributed by atoms with E-state index in [9.17, 15) is 18.5 Å². The number of nitro benzene ring substituents is 1. The van der Waals surface area contributed by atoms with Crippen LogP contribution in [0.25, 0.3) is 0 Å². The predicted molar refractivity (Wildman–Crippen MR) is 79.7 cm³/mol. The minimum absolute atomic E-state index is 0.0159. The Bertz CT molecular complexity index is 796. The molecular formula is C13H16N4O4S. The summed E-state index contributed by atoms with van der Waals surface area (Å²) >= 11 is 0.